The molecule has 1 aliphatic carbocycles. The van der Waals surface area contributed by atoms with E-state index < -0.39 is 0 Å². The van der Waals surface area contributed by atoms with Gasteiger partial charge in [0.25, 0.3) is 5.91 Å². The molecule has 0 bridgehead atoms. The van der Waals surface area contributed by atoms with E-state index in [9.17, 15) is 4.79 Å². The molecule has 102 valence electrons. The number of carbonyl (C=O) groups excluding carboxylic acids is 1. The molecule has 20 heavy (non-hydrogen) atoms. The van der Waals surface area contributed by atoms with Crippen LogP contribution in [0.4, 0.5) is 11.4 Å². The summed E-state index contributed by atoms with van der Waals surface area (Å²) < 4.78 is 1.04. The molecule has 0 aliphatic heterocycles. The predicted molar refractivity (Wildman–Crippen MR) is 82.1 cm³/mol. The summed E-state index contributed by atoms with van der Waals surface area (Å²) in [7, 11) is 0. The lowest BCUT2D eigenvalue weighted by Gasteiger charge is -2.07. The molecule has 0 spiro atoms. The second-order valence-corrected chi connectivity index (χ2v) is 5.73. The number of halogens is 1. The SMILES string of the molecule is O=C(NC1CC1)c1ccc(Nc2ccc(Br)cc2)cn1. The molecule has 1 aromatic carbocycles. The first-order valence-corrected chi connectivity index (χ1v) is 7.29. The first-order valence-electron chi connectivity index (χ1n) is 6.50. The zero-order valence-electron chi connectivity index (χ0n) is 10.8. The van der Waals surface area contributed by atoms with Crippen LogP contribution in [0.2, 0.25) is 0 Å². The van der Waals surface area contributed by atoms with E-state index in [1.807, 2.05) is 30.3 Å². The summed E-state index contributed by atoms with van der Waals surface area (Å²) in [6.07, 6.45) is 3.83. The molecule has 0 saturated heterocycles. The van der Waals surface area contributed by atoms with Crippen molar-refractivity contribution in [3.8, 4) is 0 Å². The Hall–Kier alpha value is -1.88. The molecule has 3 rings (SSSR count). The second-order valence-electron chi connectivity index (χ2n) is 4.81. The highest BCUT2D eigenvalue weighted by atomic mass is 79.9. The van der Waals surface area contributed by atoms with E-state index in [1.54, 1.807) is 12.3 Å². The molecule has 2 N–H and O–H groups in total. The highest BCUT2D eigenvalue weighted by Gasteiger charge is 2.24. The fourth-order valence-electron chi connectivity index (χ4n) is 1.79. The molecule has 0 atom stereocenters. The standard InChI is InChI=1S/C15H14BrN3O/c16-10-1-3-11(4-2-10)18-13-7-8-14(17-9-13)15(20)19-12-5-6-12/h1-4,7-9,12,18H,5-6H2,(H,19,20). The molecule has 1 aromatic heterocycles. The van der Waals surface area contributed by atoms with Crippen LogP contribution in [0.25, 0.3) is 0 Å². The summed E-state index contributed by atoms with van der Waals surface area (Å²) in [5.74, 6) is -0.0947. The lowest BCUT2D eigenvalue weighted by atomic mass is 10.3. The van der Waals surface area contributed by atoms with E-state index >= 15 is 0 Å². The number of anilines is 2. The molecule has 1 amide bonds. The van der Waals surface area contributed by atoms with E-state index in [4.69, 9.17) is 0 Å². The van der Waals surface area contributed by atoms with Crippen LogP contribution in [-0.4, -0.2) is 16.9 Å². The normalized spacial score (nSPS) is 13.8. The van der Waals surface area contributed by atoms with Crippen molar-refractivity contribution in [2.45, 2.75) is 18.9 Å². The second kappa shape index (κ2) is 5.63. The molecular weight excluding hydrogens is 318 g/mol. The zero-order valence-corrected chi connectivity index (χ0v) is 12.4. The van der Waals surface area contributed by atoms with Crippen molar-refractivity contribution in [3.05, 3.63) is 52.8 Å². The van der Waals surface area contributed by atoms with E-state index in [0.29, 0.717) is 11.7 Å². The van der Waals surface area contributed by atoms with Gasteiger partial charge in [0.2, 0.25) is 0 Å². The average Bonchev–Trinajstić information content (AvgIpc) is 3.26. The maximum absolute atomic E-state index is 11.8. The minimum absolute atomic E-state index is 0.0947. The largest absolute Gasteiger partial charge is 0.354 e. The summed E-state index contributed by atoms with van der Waals surface area (Å²) in [6.45, 7) is 0. The Bertz CT molecular complexity index is 606. The number of carbonyl (C=O) groups is 1. The number of hydrogen-bond acceptors (Lipinski definition) is 3. The van der Waals surface area contributed by atoms with Gasteiger partial charge in [-0.25, -0.2) is 4.98 Å². The highest BCUT2D eigenvalue weighted by Crippen LogP contribution is 2.20. The van der Waals surface area contributed by atoms with Crippen LogP contribution in [0.5, 0.6) is 0 Å². The fourth-order valence-corrected chi connectivity index (χ4v) is 2.05. The number of nitrogens with one attached hydrogen (secondary N) is 2. The highest BCUT2D eigenvalue weighted by molar-refractivity contribution is 9.10. The third-order valence-electron chi connectivity index (χ3n) is 3.04. The van der Waals surface area contributed by atoms with Crippen LogP contribution in [0.3, 0.4) is 0 Å². The van der Waals surface area contributed by atoms with Crippen molar-refractivity contribution in [2.24, 2.45) is 0 Å². The number of rotatable bonds is 4. The van der Waals surface area contributed by atoms with Crippen LogP contribution in [0, 0.1) is 0 Å². The molecule has 1 heterocycles. The molecule has 2 aromatic rings. The van der Waals surface area contributed by atoms with Crippen LogP contribution >= 0.6 is 15.9 Å². The number of aromatic nitrogens is 1. The van der Waals surface area contributed by atoms with Crippen LogP contribution < -0.4 is 10.6 Å². The minimum atomic E-state index is -0.0947. The van der Waals surface area contributed by atoms with Crippen LogP contribution in [0.15, 0.2) is 47.1 Å². The number of hydrogen-bond donors (Lipinski definition) is 2. The summed E-state index contributed by atoms with van der Waals surface area (Å²) in [5.41, 5.74) is 2.29. The molecule has 0 radical (unpaired) electrons. The van der Waals surface area contributed by atoms with Gasteiger partial charge in [0.05, 0.1) is 11.9 Å². The van der Waals surface area contributed by atoms with Gasteiger partial charge in [0.1, 0.15) is 5.69 Å². The Morgan fingerprint density at radius 2 is 1.80 bits per heavy atom. The Kier molecular flexibility index (Phi) is 3.69. The maximum Gasteiger partial charge on any atom is 0.270 e. The van der Waals surface area contributed by atoms with Crippen molar-refractivity contribution < 1.29 is 4.79 Å². The average molecular weight is 332 g/mol. The van der Waals surface area contributed by atoms with Gasteiger partial charge in [-0.3, -0.25) is 4.79 Å². The van der Waals surface area contributed by atoms with Gasteiger partial charge in [-0.05, 0) is 49.2 Å². The van der Waals surface area contributed by atoms with Crippen LogP contribution in [0.1, 0.15) is 23.3 Å². The molecule has 1 fully saturated rings. The minimum Gasteiger partial charge on any atom is -0.354 e. The Labute approximate surface area is 125 Å². The first kappa shape index (κ1) is 13.1. The quantitative estimate of drug-likeness (QED) is 0.901. The predicted octanol–water partition coefficient (Wildman–Crippen LogP) is 3.48. The van der Waals surface area contributed by atoms with E-state index in [2.05, 4.69) is 31.5 Å². The lowest BCUT2D eigenvalue weighted by molar-refractivity contribution is 0.0946. The van der Waals surface area contributed by atoms with Gasteiger partial charge in [-0.15, -0.1) is 0 Å². The Morgan fingerprint density at radius 3 is 2.40 bits per heavy atom. The lowest BCUT2D eigenvalue weighted by Crippen LogP contribution is -2.26. The maximum atomic E-state index is 11.8. The number of benzene rings is 1. The van der Waals surface area contributed by atoms with Gasteiger partial charge in [-0.1, -0.05) is 15.9 Å². The summed E-state index contributed by atoms with van der Waals surface area (Å²) in [5, 5.41) is 6.15. The summed E-state index contributed by atoms with van der Waals surface area (Å²) in [6, 6.07) is 11.8. The summed E-state index contributed by atoms with van der Waals surface area (Å²) >= 11 is 3.40. The van der Waals surface area contributed by atoms with Crippen molar-refractivity contribution in [2.75, 3.05) is 5.32 Å². The monoisotopic (exact) mass is 331 g/mol. The van der Waals surface area contributed by atoms with E-state index in [-0.39, 0.29) is 5.91 Å². The number of pyridine rings is 1. The molecule has 0 unspecified atom stereocenters. The Balaban J connectivity index is 1.66. The smallest absolute Gasteiger partial charge is 0.270 e. The van der Waals surface area contributed by atoms with Gasteiger partial charge in [0, 0.05) is 16.2 Å². The van der Waals surface area contributed by atoms with Gasteiger partial charge in [-0.2, -0.15) is 0 Å². The molecular formula is C15H14BrN3O. The van der Waals surface area contributed by atoms with Gasteiger partial charge < -0.3 is 10.6 Å². The van der Waals surface area contributed by atoms with Gasteiger partial charge in [0.15, 0.2) is 0 Å². The van der Waals surface area contributed by atoms with E-state index in [1.165, 1.54) is 0 Å². The number of nitrogens with zero attached hydrogens (tertiary/aromatic N) is 1. The van der Waals surface area contributed by atoms with Gasteiger partial charge >= 0.3 is 0 Å². The zero-order chi connectivity index (χ0) is 13.9. The van der Waals surface area contributed by atoms with Crippen molar-refractivity contribution >= 4 is 33.2 Å². The molecule has 4 nitrogen and oxygen atoms in total. The fraction of sp³-hybridized carbons (Fsp3) is 0.200. The molecule has 5 heteroatoms. The van der Waals surface area contributed by atoms with E-state index in [0.717, 1.165) is 28.7 Å². The van der Waals surface area contributed by atoms with Crippen molar-refractivity contribution in [3.63, 3.8) is 0 Å². The molecule has 1 saturated carbocycles. The van der Waals surface area contributed by atoms with Crippen LogP contribution in [-0.2, 0) is 0 Å². The third-order valence-corrected chi connectivity index (χ3v) is 3.57. The number of amides is 1. The molecule has 1 aliphatic rings. The summed E-state index contributed by atoms with van der Waals surface area (Å²) in [4.78, 5) is 16.0. The first-order chi connectivity index (χ1) is 9.70. The topological polar surface area (TPSA) is 54.0 Å². The van der Waals surface area contributed by atoms with Crippen molar-refractivity contribution in [1.82, 2.24) is 10.3 Å². The third kappa shape index (κ3) is 3.36. The Morgan fingerprint density at radius 1 is 1.10 bits per heavy atom. The van der Waals surface area contributed by atoms with Crippen molar-refractivity contribution in [1.29, 1.82) is 0 Å².